The molecule has 0 spiro atoms. The molecular weight excluding hydrogens is 633 g/mol. The van der Waals surface area contributed by atoms with E-state index in [1.165, 1.54) is 77.0 Å². The van der Waals surface area contributed by atoms with Gasteiger partial charge < -0.3 is 15.4 Å². The summed E-state index contributed by atoms with van der Waals surface area (Å²) in [5, 5.41) is 14.5. The highest BCUT2D eigenvalue weighted by Gasteiger charge is 2.36. The summed E-state index contributed by atoms with van der Waals surface area (Å²) >= 11 is 0. The molecule has 3 nitrogen and oxygen atoms in total. The van der Waals surface area contributed by atoms with Gasteiger partial charge in [0.15, 0.2) is 12.0 Å². The Bertz CT molecular complexity index is 2810. The van der Waals surface area contributed by atoms with E-state index in [2.05, 4.69) is 182 Å². The topological polar surface area (TPSA) is 33.3 Å². The van der Waals surface area contributed by atoms with E-state index in [9.17, 15) is 0 Å². The van der Waals surface area contributed by atoms with Crippen LogP contribution in [0.2, 0.25) is 0 Å². The van der Waals surface area contributed by atoms with Gasteiger partial charge in [-0.2, -0.15) is 0 Å². The molecule has 248 valence electrons. The Morgan fingerprint density at radius 2 is 1.33 bits per heavy atom. The number of hydrogen-bond acceptors (Lipinski definition) is 3. The summed E-state index contributed by atoms with van der Waals surface area (Å²) in [6.07, 6.45) is 12.6. The van der Waals surface area contributed by atoms with E-state index in [0.717, 1.165) is 22.4 Å². The number of benzene rings is 7. The van der Waals surface area contributed by atoms with Crippen molar-refractivity contribution in [2.45, 2.75) is 31.5 Å². The minimum Gasteiger partial charge on any atom is -0.464 e. The smallest absolute Gasteiger partial charge is 0.198 e. The van der Waals surface area contributed by atoms with Crippen LogP contribution in [0.4, 0.5) is 5.69 Å². The Balaban J connectivity index is 0.962. The lowest BCUT2D eigenvalue weighted by molar-refractivity contribution is 0.295. The fraction of sp³-hybridized carbons (Fsp3) is 0.102. The number of fused-ring (bicyclic) bond motifs is 10. The van der Waals surface area contributed by atoms with Crippen LogP contribution in [0.15, 0.2) is 169 Å². The summed E-state index contributed by atoms with van der Waals surface area (Å²) in [5.41, 5.74) is 13.6. The molecule has 2 aliphatic heterocycles. The van der Waals surface area contributed by atoms with Crippen molar-refractivity contribution >= 4 is 38.0 Å². The highest BCUT2D eigenvalue weighted by Crippen LogP contribution is 2.51. The normalized spacial score (nSPS) is 18.9. The molecule has 0 radical (unpaired) electrons. The minimum atomic E-state index is -0.264. The standard InChI is InChI=1S/C49H36N2O/c1-49(2)42-27-36(18-20-39(42)41-25-33-8-3-4-9-34(33)26-43(41)49)32-12-7-11-31(22-32)35-17-15-29-14-16-30-19-21-45-47(46(30)40(29)24-35)52-48(51-45)38-23-37-10-5-6-13-44(37)50-28-38/h3-28,44,48,50-51H,1-2H3. The van der Waals surface area contributed by atoms with Gasteiger partial charge in [0, 0.05) is 22.6 Å². The van der Waals surface area contributed by atoms with Gasteiger partial charge in [0.1, 0.15) is 0 Å². The first kappa shape index (κ1) is 29.4. The number of hydrogen-bond donors (Lipinski definition) is 2. The average molecular weight is 669 g/mol. The third-order valence-corrected chi connectivity index (χ3v) is 11.7. The van der Waals surface area contributed by atoms with Crippen LogP contribution in [0.25, 0.3) is 65.7 Å². The van der Waals surface area contributed by atoms with Crippen LogP contribution in [-0.2, 0) is 5.41 Å². The van der Waals surface area contributed by atoms with Crippen molar-refractivity contribution in [3.63, 3.8) is 0 Å². The van der Waals surface area contributed by atoms with Gasteiger partial charge in [0.05, 0.1) is 11.7 Å². The molecule has 0 fully saturated rings. The fourth-order valence-corrected chi connectivity index (χ4v) is 8.87. The Morgan fingerprint density at radius 3 is 2.21 bits per heavy atom. The predicted molar refractivity (Wildman–Crippen MR) is 217 cm³/mol. The van der Waals surface area contributed by atoms with E-state index in [1.807, 2.05) is 0 Å². The van der Waals surface area contributed by atoms with Crippen LogP contribution in [0.1, 0.15) is 25.0 Å². The fourth-order valence-electron chi connectivity index (χ4n) is 8.87. The molecule has 0 saturated heterocycles. The molecule has 2 aliphatic carbocycles. The highest BCUT2D eigenvalue weighted by atomic mass is 16.5. The second kappa shape index (κ2) is 10.8. The van der Waals surface area contributed by atoms with E-state index >= 15 is 0 Å². The molecule has 2 unspecified atom stereocenters. The van der Waals surface area contributed by atoms with Crippen LogP contribution in [-0.4, -0.2) is 12.3 Å². The van der Waals surface area contributed by atoms with Gasteiger partial charge in [-0.3, -0.25) is 0 Å². The zero-order chi connectivity index (χ0) is 34.6. The van der Waals surface area contributed by atoms with Crippen LogP contribution >= 0.6 is 0 Å². The molecule has 0 saturated carbocycles. The molecule has 0 amide bonds. The number of dihydropyridines is 1. The second-order valence-electron chi connectivity index (χ2n) is 15.1. The van der Waals surface area contributed by atoms with Crippen LogP contribution < -0.4 is 15.4 Å². The average Bonchev–Trinajstić information content (AvgIpc) is 3.73. The van der Waals surface area contributed by atoms with Gasteiger partial charge >= 0.3 is 0 Å². The first-order valence-corrected chi connectivity index (χ1v) is 18.2. The summed E-state index contributed by atoms with van der Waals surface area (Å²) in [5.74, 6) is 0.911. The van der Waals surface area contributed by atoms with Gasteiger partial charge in [-0.1, -0.05) is 123 Å². The van der Waals surface area contributed by atoms with E-state index in [-0.39, 0.29) is 17.7 Å². The number of anilines is 1. The Labute approximate surface area is 303 Å². The quantitative estimate of drug-likeness (QED) is 0.184. The number of ether oxygens (including phenoxy) is 1. The minimum absolute atomic E-state index is 0.0779. The lowest BCUT2D eigenvalue weighted by atomic mass is 9.81. The second-order valence-corrected chi connectivity index (χ2v) is 15.1. The first-order valence-electron chi connectivity index (χ1n) is 18.2. The lowest BCUT2D eigenvalue weighted by Crippen LogP contribution is -2.32. The maximum atomic E-state index is 6.76. The molecule has 52 heavy (non-hydrogen) atoms. The van der Waals surface area contributed by atoms with Crippen molar-refractivity contribution in [2.75, 3.05) is 5.32 Å². The van der Waals surface area contributed by atoms with Gasteiger partial charge in [0.2, 0.25) is 0 Å². The maximum absolute atomic E-state index is 6.76. The van der Waals surface area contributed by atoms with E-state index in [1.54, 1.807) is 0 Å². The summed E-state index contributed by atoms with van der Waals surface area (Å²) in [6, 6.07) is 45.3. The predicted octanol–water partition coefficient (Wildman–Crippen LogP) is 11.8. The monoisotopic (exact) mass is 668 g/mol. The van der Waals surface area contributed by atoms with Crippen molar-refractivity contribution in [2.24, 2.45) is 0 Å². The summed E-state index contributed by atoms with van der Waals surface area (Å²) in [7, 11) is 0. The van der Waals surface area contributed by atoms with Crippen molar-refractivity contribution in [3.05, 3.63) is 180 Å². The van der Waals surface area contributed by atoms with Gasteiger partial charge in [0.25, 0.3) is 0 Å². The molecular formula is C49H36N2O. The third-order valence-electron chi connectivity index (χ3n) is 11.7. The van der Waals surface area contributed by atoms with Crippen molar-refractivity contribution in [1.29, 1.82) is 0 Å². The lowest BCUT2D eigenvalue weighted by Gasteiger charge is -2.25. The third kappa shape index (κ3) is 4.39. The van der Waals surface area contributed by atoms with Gasteiger partial charge in [-0.05, 0) is 119 Å². The molecule has 3 heteroatoms. The number of rotatable bonds is 3. The van der Waals surface area contributed by atoms with Crippen molar-refractivity contribution in [1.82, 2.24) is 5.32 Å². The molecule has 0 bridgehead atoms. The van der Waals surface area contributed by atoms with Crippen LogP contribution in [0, 0.1) is 0 Å². The molecule has 2 atom stereocenters. The molecule has 2 N–H and O–H groups in total. The van der Waals surface area contributed by atoms with Gasteiger partial charge in [-0.15, -0.1) is 0 Å². The Kier molecular flexibility index (Phi) is 6.13. The Hall–Kier alpha value is -6.32. The zero-order valence-electron chi connectivity index (χ0n) is 29.1. The van der Waals surface area contributed by atoms with Crippen molar-refractivity contribution in [3.8, 4) is 39.1 Å². The summed E-state index contributed by atoms with van der Waals surface area (Å²) < 4.78 is 6.76. The maximum Gasteiger partial charge on any atom is 0.198 e. The van der Waals surface area contributed by atoms with Crippen LogP contribution in [0.3, 0.4) is 0 Å². The molecule has 7 aromatic rings. The summed E-state index contributed by atoms with van der Waals surface area (Å²) in [6.45, 7) is 4.73. The molecule has 11 rings (SSSR count). The largest absolute Gasteiger partial charge is 0.464 e. The molecule has 4 aliphatic rings. The summed E-state index contributed by atoms with van der Waals surface area (Å²) in [4.78, 5) is 0. The first-order chi connectivity index (χ1) is 25.5. The zero-order valence-corrected chi connectivity index (χ0v) is 29.1. The van der Waals surface area contributed by atoms with Gasteiger partial charge in [-0.25, -0.2) is 0 Å². The van der Waals surface area contributed by atoms with Crippen LogP contribution in [0.5, 0.6) is 5.75 Å². The molecule has 0 aromatic heterocycles. The highest BCUT2D eigenvalue weighted by molar-refractivity contribution is 6.14. The molecule has 7 aromatic carbocycles. The number of nitrogens with one attached hydrogen (secondary N) is 2. The van der Waals surface area contributed by atoms with Crippen molar-refractivity contribution < 1.29 is 4.74 Å². The van der Waals surface area contributed by atoms with E-state index < -0.39 is 0 Å². The number of allylic oxidation sites excluding steroid dienone is 2. The SMILES string of the molecule is CC1(C)c2cc(-c3cccc(-c4ccc5ccc6ccc7c(c6c5c4)OC(C4=CNC5C=CC=CC5=C4)N7)c3)ccc2-c2cc3ccccc3cc21. The van der Waals surface area contributed by atoms with E-state index in [4.69, 9.17) is 4.74 Å². The molecule has 2 heterocycles. The van der Waals surface area contributed by atoms with E-state index in [0.29, 0.717) is 0 Å². The Morgan fingerprint density at radius 1 is 0.596 bits per heavy atom.